The van der Waals surface area contributed by atoms with Crippen molar-refractivity contribution in [1.29, 1.82) is 0 Å². The Kier molecular flexibility index (Phi) is 6.49. The minimum absolute atomic E-state index is 0.0330. The minimum atomic E-state index is -1.40. The smallest absolute Gasteiger partial charge is 0.304 e. The van der Waals surface area contributed by atoms with Gasteiger partial charge in [0, 0.05) is 25.5 Å². The average molecular weight is 524 g/mol. The highest BCUT2D eigenvalue weighted by atomic mass is 32.2. The third kappa shape index (κ3) is 4.77. The summed E-state index contributed by atoms with van der Waals surface area (Å²) < 4.78 is 30.6. The summed E-state index contributed by atoms with van der Waals surface area (Å²) in [5.41, 5.74) is 4.05. The molecule has 2 atom stereocenters. The van der Waals surface area contributed by atoms with Crippen LogP contribution in [-0.2, 0) is 18.4 Å². The van der Waals surface area contributed by atoms with Crippen molar-refractivity contribution in [1.82, 2.24) is 34.0 Å². The molecule has 11 heteroatoms. The lowest BCUT2D eigenvalue weighted by Crippen LogP contribution is -2.52. The summed E-state index contributed by atoms with van der Waals surface area (Å²) in [6, 6.07) is 10.7. The first-order valence-corrected chi connectivity index (χ1v) is 13.7. The number of aliphatic hydroxyl groups excluding tert-OH is 1. The molecule has 4 aromatic rings. The van der Waals surface area contributed by atoms with Crippen LogP contribution in [0.3, 0.4) is 0 Å². The van der Waals surface area contributed by atoms with Crippen molar-refractivity contribution in [2.75, 3.05) is 26.2 Å². The second kappa shape index (κ2) is 9.80. The molecule has 2 aliphatic rings. The fraction of sp³-hybridized carbons (Fsp3) is 0.423. The van der Waals surface area contributed by atoms with Gasteiger partial charge in [0.1, 0.15) is 23.4 Å². The molecule has 6 rings (SSSR count). The number of nitrogens with zero attached hydrogens (tertiary/aromatic N) is 7. The van der Waals surface area contributed by atoms with Gasteiger partial charge in [0.25, 0.3) is 0 Å². The van der Waals surface area contributed by atoms with Crippen LogP contribution in [0.15, 0.2) is 53.8 Å². The van der Waals surface area contributed by atoms with Crippen LogP contribution in [0.4, 0.5) is 4.39 Å². The van der Waals surface area contributed by atoms with E-state index < -0.39 is 11.4 Å². The highest BCUT2D eigenvalue weighted by Gasteiger charge is 2.39. The maximum absolute atomic E-state index is 13.5. The van der Waals surface area contributed by atoms with Crippen LogP contribution in [0.5, 0.6) is 0 Å². The Morgan fingerprint density at radius 1 is 1.11 bits per heavy atom. The highest BCUT2D eigenvalue weighted by molar-refractivity contribution is 7.89. The van der Waals surface area contributed by atoms with E-state index in [1.807, 2.05) is 15.2 Å². The molecule has 37 heavy (non-hydrogen) atoms. The second-order valence-corrected chi connectivity index (χ2v) is 11.5. The first kappa shape index (κ1) is 24.5. The van der Waals surface area contributed by atoms with E-state index in [1.54, 1.807) is 25.4 Å². The summed E-state index contributed by atoms with van der Waals surface area (Å²) in [5, 5.41) is 24.2. The third-order valence-corrected chi connectivity index (χ3v) is 8.88. The van der Waals surface area contributed by atoms with Gasteiger partial charge in [-0.1, -0.05) is 0 Å². The van der Waals surface area contributed by atoms with Gasteiger partial charge in [0.05, 0.1) is 42.6 Å². The van der Waals surface area contributed by atoms with Gasteiger partial charge in [0.2, 0.25) is 0 Å². The van der Waals surface area contributed by atoms with Crippen molar-refractivity contribution in [3.8, 4) is 5.69 Å². The van der Waals surface area contributed by atoms with Crippen LogP contribution < -0.4 is 0 Å². The number of aryl methyl sites for hydroxylation is 2. The minimum Gasteiger partial charge on any atom is -0.591 e. The van der Waals surface area contributed by atoms with Gasteiger partial charge < -0.3 is 9.66 Å². The third-order valence-electron chi connectivity index (χ3n) is 7.54. The largest absolute Gasteiger partial charge is 0.591 e. The van der Waals surface area contributed by atoms with Crippen molar-refractivity contribution < 1.29 is 14.0 Å². The summed E-state index contributed by atoms with van der Waals surface area (Å²) in [5.74, 6) is 0.193. The number of fused-ring (bicyclic) bond motifs is 1. The molecule has 0 bridgehead atoms. The molecular formula is C26H30FN7O2S. The quantitative estimate of drug-likeness (QED) is 0.388. The molecule has 1 aliphatic carbocycles. The first-order chi connectivity index (χ1) is 17.9. The molecule has 194 valence electrons. The molecule has 0 amide bonds. The predicted molar refractivity (Wildman–Crippen MR) is 138 cm³/mol. The molecule has 0 spiro atoms. The maximum Gasteiger partial charge on any atom is 0.304 e. The van der Waals surface area contributed by atoms with Gasteiger partial charge >= 0.3 is 5.03 Å². The zero-order chi connectivity index (χ0) is 25.7. The van der Waals surface area contributed by atoms with Crippen LogP contribution in [0.2, 0.25) is 0 Å². The topological polar surface area (TPSA) is 98.3 Å². The monoisotopic (exact) mass is 523 g/mol. The van der Waals surface area contributed by atoms with E-state index in [-0.39, 0.29) is 18.0 Å². The Morgan fingerprint density at radius 3 is 2.59 bits per heavy atom. The van der Waals surface area contributed by atoms with Crippen LogP contribution in [0.25, 0.3) is 16.6 Å². The molecule has 1 saturated carbocycles. The summed E-state index contributed by atoms with van der Waals surface area (Å²) in [6.45, 7) is 5.03. The fourth-order valence-corrected chi connectivity index (χ4v) is 6.64. The van der Waals surface area contributed by atoms with Gasteiger partial charge in [0.15, 0.2) is 0 Å². The van der Waals surface area contributed by atoms with E-state index in [9.17, 15) is 14.0 Å². The molecule has 3 heterocycles. The van der Waals surface area contributed by atoms with Crippen molar-refractivity contribution in [3.63, 3.8) is 0 Å². The van der Waals surface area contributed by atoms with E-state index in [2.05, 4.69) is 39.3 Å². The van der Waals surface area contributed by atoms with Gasteiger partial charge in [-0.15, -0.1) is 9.40 Å². The van der Waals surface area contributed by atoms with E-state index in [4.69, 9.17) is 0 Å². The van der Waals surface area contributed by atoms with E-state index in [1.165, 1.54) is 22.5 Å². The predicted octanol–water partition coefficient (Wildman–Crippen LogP) is 2.75. The maximum atomic E-state index is 13.5. The Hall–Kier alpha value is -2.83. The number of rotatable bonds is 6. The molecule has 2 unspecified atom stereocenters. The Bertz CT molecular complexity index is 1400. The van der Waals surface area contributed by atoms with E-state index in [0.717, 1.165) is 48.1 Å². The fourth-order valence-electron chi connectivity index (χ4n) is 5.52. The standard InChI is InChI=1S/C26H30FN7O2S/c1-17-9-24-19(13-29-34(24)21-5-3-20(27)4-6-21)12-23(17)25-16-33(37(36)26-14-28-31(2)30-26)8-7-32(25)15-18-10-22(35)11-18/h3-6,9,12-14,18,22,25,35H,7-8,10-11,15-16H2,1-2H3. The molecular weight excluding hydrogens is 493 g/mol. The number of hydrogen-bond donors (Lipinski definition) is 1. The molecule has 0 radical (unpaired) electrons. The SMILES string of the molecule is Cc1cc2c(cnn2-c2ccc(F)cc2)cc1C1CN([S+]([O-])c2cnn(C)n2)CCN1CC1CC(O)C1. The number of hydrogen-bond acceptors (Lipinski definition) is 7. The van der Waals surface area contributed by atoms with Crippen LogP contribution in [0.1, 0.15) is 30.0 Å². The average Bonchev–Trinajstić information content (AvgIpc) is 3.49. The molecule has 2 fully saturated rings. The Morgan fingerprint density at radius 2 is 1.89 bits per heavy atom. The number of benzene rings is 2. The number of aliphatic hydroxyl groups is 1. The summed E-state index contributed by atoms with van der Waals surface area (Å²) in [4.78, 5) is 3.90. The summed E-state index contributed by atoms with van der Waals surface area (Å²) >= 11 is -1.40. The number of piperazine rings is 1. The van der Waals surface area contributed by atoms with Crippen LogP contribution in [-0.4, -0.2) is 75.9 Å². The number of aromatic nitrogens is 5. The summed E-state index contributed by atoms with van der Waals surface area (Å²) in [7, 11) is 1.72. The second-order valence-electron chi connectivity index (χ2n) is 10.1. The van der Waals surface area contributed by atoms with Crippen LogP contribution in [0, 0.1) is 18.7 Å². The van der Waals surface area contributed by atoms with Gasteiger partial charge in [-0.05, 0) is 73.2 Å². The zero-order valence-corrected chi connectivity index (χ0v) is 21.7. The van der Waals surface area contributed by atoms with Crippen molar-refractivity contribution >= 4 is 22.3 Å². The van der Waals surface area contributed by atoms with Crippen LogP contribution >= 0.6 is 0 Å². The summed E-state index contributed by atoms with van der Waals surface area (Å²) in [6.07, 6.45) is 4.88. The Labute approximate surface area is 217 Å². The lowest BCUT2D eigenvalue weighted by Gasteiger charge is -2.44. The van der Waals surface area contributed by atoms with Crippen molar-refractivity contribution in [2.45, 2.75) is 36.9 Å². The lowest BCUT2D eigenvalue weighted by molar-refractivity contribution is 0.00591. The van der Waals surface area contributed by atoms with Gasteiger partial charge in [-0.25, -0.2) is 9.07 Å². The normalized spacial score (nSPS) is 23.9. The van der Waals surface area contributed by atoms with Crippen molar-refractivity contribution in [3.05, 3.63) is 65.7 Å². The highest BCUT2D eigenvalue weighted by Crippen LogP contribution is 2.36. The molecule has 9 nitrogen and oxygen atoms in total. The van der Waals surface area contributed by atoms with Gasteiger partial charge in [-0.2, -0.15) is 15.0 Å². The molecule has 1 N–H and O–H groups in total. The molecule has 1 saturated heterocycles. The number of halogens is 1. The van der Waals surface area contributed by atoms with E-state index >= 15 is 0 Å². The molecule has 2 aromatic heterocycles. The lowest BCUT2D eigenvalue weighted by atomic mass is 9.81. The Balaban J connectivity index is 1.33. The van der Waals surface area contributed by atoms with E-state index in [0.29, 0.717) is 24.0 Å². The molecule has 1 aliphatic heterocycles. The van der Waals surface area contributed by atoms with Crippen molar-refractivity contribution in [2.24, 2.45) is 13.0 Å². The first-order valence-electron chi connectivity index (χ1n) is 12.5. The zero-order valence-electron chi connectivity index (χ0n) is 20.9. The van der Waals surface area contributed by atoms with Gasteiger partial charge in [-0.3, -0.25) is 4.90 Å². The molecule has 2 aromatic carbocycles.